The summed E-state index contributed by atoms with van der Waals surface area (Å²) in [6.07, 6.45) is 0. The lowest BCUT2D eigenvalue weighted by Crippen LogP contribution is -1.94. The SMILES string of the molecule is Cc1ccccc1-c1nc2ccc(S)cc2n1C. The lowest BCUT2D eigenvalue weighted by molar-refractivity contribution is 0.956. The van der Waals surface area contributed by atoms with E-state index in [1.807, 2.05) is 37.4 Å². The van der Waals surface area contributed by atoms with Gasteiger partial charge in [0, 0.05) is 17.5 Å². The molecular weight excluding hydrogens is 240 g/mol. The topological polar surface area (TPSA) is 17.8 Å². The number of rotatable bonds is 1. The Kier molecular flexibility index (Phi) is 2.63. The molecule has 1 aromatic heterocycles. The molecule has 0 amide bonds. The molecule has 2 nitrogen and oxygen atoms in total. The summed E-state index contributed by atoms with van der Waals surface area (Å²) in [6, 6.07) is 14.3. The summed E-state index contributed by atoms with van der Waals surface area (Å²) in [5.41, 5.74) is 4.54. The number of hydrogen-bond acceptors (Lipinski definition) is 2. The molecule has 0 unspecified atom stereocenters. The molecule has 0 spiro atoms. The first-order chi connectivity index (χ1) is 8.66. The van der Waals surface area contributed by atoms with Crippen LogP contribution in [0.25, 0.3) is 22.4 Å². The van der Waals surface area contributed by atoms with Crippen molar-refractivity contribution in [3.8, 4) is 11.4 Å². The van der Waals surface area contributed by atoms with E-state index in [0.29, 0.717) is 0 Å². The molecule has 0 N–H and O–H groups in total. The third-order valence-electron chi connectivity index (χ3n) is 3.25. The summed E-state index contributed by atoms with van der Waals surface area (Å²) in [7, 11) is 2.05. The maximum Gasteiger partial charge on any atom is 0.141 e. The summed E-state index contributed by atoms with van der Waals surface area (Å²) >= 11 is 4.38. The van der Waals surface area contributed by atoms with E-state index < -0.39 is 0 Å². The fourth-order valence-corrected chi connectivity index (χ4v) is 2.44. The van der Waals surface area contributed by atoms with Gasteiger partial charge in [0.05, 0.1) is 11.0 Å². The number of nitrogens with zero attached hydrogens (tertiary/aromatic N) is 2. The summed E-state index contributed by atoms with van der Waals surface area (Å²) in [6.45, 7) is 2.11. The Morgan fingerprint density at radius 3 is 2.67 bits per heavy atom. The van der Waals surface area contributed by atoms with E-state index in [1.54, 1.807) is 0 Å². The van der Waals surface area contributed by atoms with Gasteiger partial charge in [-0.15, -0.1) is 12.6 Å². The number of hydrogen-bond donors (Lipinski definition) is 1. The van der Waals surface area contributed by atoms with Gasteiger partial charge in [0.1, 0.15) is 5.82 Å². The van der Waals surface area contributed by atoms with Crippen molar-refractivity contribution in [1.82, 2.24) is 9.55 Å². The summed E-state index contributed by atoms with van der Waals surface area (Å²) in [5.74, 6) is 1.00. The van der Waals surface area contributed by atoms with E-state index in [2.05, 4.69) is 36.3 Å². The molecule has 0 saturated carbocycles. The molecule has 90 valence electrons. The van der Waals surface area contributed by atoms with Crippen LogP contribution in [0.3, 0.4) is 0 Å². The fourth-order valence-electron chi connectivity index (χ4n) is 2.24. The highest BCUT2D eigenvalue weighted by Crippen LogP contribution is 2.27. The van der Waals surface area contributed by atoms with Gasteiger partial charge in [0.2, 0.25) is 0 Å². The van der Waals surface area contributed by atoms with Crippen molar-refractivity contribution < 1.29 is 0 Å². The first kappa shape index (κ1) is 11.4. The molecule has 0 aliphatic rings. The van der Waals surface area contributed by atoms with Gasteiger partial charge in [0.15, 0.2) is 0 Å². The second-order valence-electron chi connectivity index (χ2n) is 4.48. The van der Waals surface area contributed by atoms with Crippen molar-refractivity contribution in [3.05, 3.63) is 48.0 Å². The van der Waals surface area contributed by atoms with E-state index >= 15 is 0 Å². The monoisotopic (exact) mass is 254 g/mol. The van der Waals surface area contributed by atoms with Crippen LogP contribution in [-0.4, -0.2) is 9.55 Å². The van der Waals surface area contributed by atoms with Crippen molar-refractivity contribution in [2.45, 2.75) is 11.8 Å². The molecule has 0 aliphatic carbocycles. The van der Waals surface area contributed by atoms with Crippen LogP contribution in [0.4, 0.5) is 0 Å². The van der Waals surface area contributed by atoms with Crippen LogP contribution in [0.2, 0.25) is 0 Å². The molecule has 0 atom stereocenters. The van der Waals surface area contributed by atoms with E-state index in [4.69, 9.17) is 4.98 Å². The predicted octanol–water partition coefficient (Wildman–Crippen LogP) is 3.84. The number of imidazole rings is 1. The quantitative estimate of drug-likeness (QED) is 0.653. The molecule has 18 heavy (non-hydrogen) atoms. The van der Waals surface area contributed by atoms with E-state index in [1.165, 1.54) is 11.1 Å². The Hall–Kier alpha value is -1.74. The van der Waals surface area contributed by atoms with E-state index in [9.17, 15) is 0 Å². The highest BCUT2D eigenvalue weighted by atomic mass is 32.1. The van der Waals surface area contributed by atoms with Gasteiger partial charge in [-0.3, -0.25) is 0 Å². The molecular formula is C15H14N2S. The average Bonchev–Trinajstić information content (AvgIpc) is 2.68. The molecule has 3 rings (SSSR count). The van der Waals surface area contributed by atoms with Gasteiger partial charge in [-0.25, -0.2) is 4.98 Å². The van der Waals surface area contributed by atoms with Crippen molar-refractivity contribution in [2.24, 2.45) is 7.05 Å². The minimum atomic E-state index is 0.960. The van der Waals surface area contributed by atoms with Gasteiger partial charge >= 0.3 is 0 Å². The molecule has 0 bridgehead atoms. The third-order valence-corrected chi connectivity index (χ3v) is 3.53. The highest BCUT2D eigenvalue weighted by Gasteiger charge is 2.11. The van der Waals surface area contributed by atoms with Crippen LogP contribution in [-0.2, 0) is 7.05 Å². The molecule has 2 aromatic carbocycles. The molecule has 0 saturated heterocycles. The molecule has 3 aromatic rings. The van der Waals surface area contributed by atoms with Gasteiger partial charge in [-0.05, 0) is 30.7 Å². The van der Waals surface area contributed by atoms with Crippen LogP contribution in [0, 0.1) is 6.92 Å². The summed E-state index contributed by atoms with van der Waals surface area (Å²) < 4.78 is 2.12. The minimum absolute atomic E-state index is 0.960. The number of thiol groups is 1. The van der Waals surface area contributed by atoms with Gasteiger partial charge in [-0.2, -0.15) is 0 Å². The van der Waals surface area contributed by atoms with E-state index in [0.717, 1.165) is 21.8 Å². The zero-order chi connectivity index (χ0) is 12.7. The normalized spacial score (nSPS) is 11.1. The highest BCUT2D eigenvalue weighted by molar-refractivity contribution is 7.80. The second kappa shape index (κ2) is 4.18. The van der Waals surface area contributed by atoms with Crippen molar-refractivity contribution in [1.29, 1.82) is 0 Å². The van der Waals surface area contributed by atoms with Gasteiger partial charge in [0.25, 0.3) is 0 Å². The van der Waals surface area contributed by atoms with E-state index in [-0.39, 0.29) is 0 Å². The number of aromatic nitrogens is 2. The Morgan fingerprint density at radius 2 is 1.89 bits per heavy atom. The number of aryl methyl sites for hydroxylation is 2. The van der Waals surface area contributed by atoms with Crippen LogP contribution < -0.4 is 0 Å². The smallest absolute Gasteiger partial charge is 0.141 e. The zero-order valence-corrected chi connectivity index (χ0v) is 11.3. The van der Waals surface area contributed by atoms with Crippen molar-refractivity contribution in [2.75, 3.05) is 0 Å². The number of benzene rings is 2. The third kappa shape index (κ3) is 1.71. The summed E-state index contributed by atoms with van der Waals surface area (Å²) in [4.78, 5) is 5.67. The van der Waals surface area contributed by atoms with Crippen LogP contribution in [0.5, 0.6) is 0 Å². The molecule has 0 aliphatic heterocycles. The average molecular weight is 254 g/mol. The van der Waals surface area contributed by atoms with Crippen LogP contribution in [0.1, 0.15) is 5.56 Å². The minimum Gasteiger partial charge on any atom is -0.327 e. The first-order valence-electron chi connectivity index (χ1n) is 5.88. The van der Waals surface area contributed by atoms with Gasteiger partial charge < -0.3 is 4.57 Å². The fraction of sp³-hybridized carbons (Fsp3) is 0.133. The molecule has 0 radical (unpaired) electrons. The largest absolute Gasteiger partial charge is 0.327 e. The lowest BCUT2D eigenvalue weighted by Gasteiger charge is -2.05. The first-order valence-corrected chi connectivity index (χ1v) is 6.33. The molecule has 3 heteroatoms. The van der Waals surface area contributed by atoms with Crippen LogP contribution >= 0.6 is 12.6 Å². The van der Waals surface area contributed by atoms with Crippen LogP contribution in [0.15, 0.2) is 47.4 Å². The Bertz CT molecular complexity index is 728. The predicted molar refractivity (Wildman–Crippen MR) is 78.1 cm³/mol. The standard InChI is InChI=1S/C15H14N2S/c1-10-5-3-4-6-12(10)15-16-13-8-7-11(18)9-14(13)17(15)2/h3-9,18H,1-2H3. The maximum atomic E-state index is 4.71. The second-order valence-corrected chi connectivity index (χ2v) is 5.00. The Morgan fingerprint density at radius 1 is 1.11 bits per heavy atom. The van der Waals surface area contributed by atoms with Crippen molar-refractivity contribution >= 4 is 23.7 Å². The number of fused-ring (bicyclic) bond motifs is 1. The summed E-state index contributed by atoms with van der Waals surface area (Å²) in [5, 5.41) is 0. The zero-order valence-electron chi connectivity index (χ0n) is 10.4. The molecule has 1 heterocycles. The Labute approximate surface area is 112 Å². The maximum absolute atomic E-state index is 4.71. The van der Waals surface area contributed by atoms with Crippen molar-refractivity contribution in [3.63, 3.8) is 0 Å². The molecule has 0 fully saturated rings. The Balaban J connectivity index is 2.31. The lowest BCUT2D eigenvalue weighted by atomic mass is 10.1. The van der Waals surface area contributed by atoms with Gasteiger partial charge in [-0.1, -0.05) is 24.3 Å².